The standard InChI is InChI=1S/C22H27N3O3/c1-2-23-14-17-3-6-19(7-4-17)22(26)25-11-9-24(10-12-25)15-18-5-8-20-21(13-18)28-16-27-20/h3-8,13,23H,2,9-12,14-16H2,1H3. The fraction of sp³-hybridized carbons (Fsp3) is 0.409. The maximum Gasteiger partial charge on any atom is 0.253 e. The second-order valence-corrected chi connectivity index (χ2v) is 7.23. The Hall–Kier alpha value is -2.57. The van der Waals surface area contributed by atoms with Crippen LogP contribution in [0.25, 0.3) is 0 Å². The van der Waals surface area contributed by atoms with E-state index in [0.29, 0.717) is 6.79 Å². The second-order valence-electron chi connectivity index (χ2n) is 7.23. The smallest absolute Gasteiger partial charge is 0.253 e. The summed E-state index contributed by atoms with van der Waals surface area (Å²) >= 11 is 0. The number of benzene rings is 2. The molecule has 2 heterocycles. The molecule has 2 aliphatic rings. The highest BCUT2D eigenvalue weighted by atomic mass is 16.7. The normalized spacial score (nSPS) is 16.4. The summed E-state index contributed by atoms with van der Waals surface area (Å²) in [6.45, 7) is 8.28. The molecule has 0 aromatic heterocycles. The van der Waals surface area contributed by atoms with Crippen molar-refractivity contribution >= 4 is 5.91 Å². The van der Waals surface area contributed by atoms with Gasteiger partial charge in [0.15, 0.2) is 11.5 Å². The van der Waals surface area contributed by atoms with Gasteiger partial charge in [0.2, 0.25) is 6.79 Å². The van der Waals surface area contributed by atoms with Gasteiger partial charge in [-0.15, -0.1) is 0 Å². The van der Waals surface area contributed by atoms with Gasteiger partial charge < -0.3 is 19.7 Å². The SMILES string of the molecule is CCNCc1ccc(C(=O)N2CCN(Cc3ccc4c(c3)OCO4)CC2)cc1. The topological polar surface area (TPSA) is 54.0 Å². The molecule has 0 aliphatic carbocycles. The summed E-state index contributed by atoms with van der Waals surface area (Å²) in [4.78, 5) is 17.1. The molecule has 0 saturated carbocycles. The Kier molecular flexibility index (Phi) is 5.78. The highest BCUT2D eigenvalue weighted by molar-refractivity contribution is 5.94. The van der Waals surface area contributed by atoms with Crippen molar-refractivity contribution in [2.24, 2.45) is 0 Å². The summed E-state index contributed by atoms with van der Waals surface area (Å²) in [6.07, 6.45) is 0. The molecule has 148 valence electrons. The van der Waals surface area contributed by atoms with Crippen LogP contribution in [0.2, 0.25) is 0 Å². The van der Waals surface area contributed by atoms with E-state index in [1.54, 1.807) is 0 Å². The Morgan fingerprint density at radius 2 is 1.68 bits per heavy atom. The number of amides is 1. The van der Waals surface area contributed by atoms with Crippen LogP contribution < -0.4 is 14.8 Å². The molecule has 1 amide bonds. The van der Waals surface area contributed by atoms with E-state index in [1.165, 1.54) is 11.1 Å². The number of piperazine rings is 1. The Bertz CT molecular complexity index is 814. The lowest BCUT2D eigenvalue weighted by atomic mass is 10.1. The lowest BCUT2D eigenvalue weighted by Gasteiger charge is -2.34. The van der Waals surface area contributed by atoms with Crippen LogP contribution in [0.4, 0.5) is 0 Å². The molecule has 0 spiro atoms. The third-order valence-electron chi connectivity index (χ3n) is 5.28. The lowest BCUT2D eigenvalue weighted by Crippen LogP contribution is -2.48. The third kappa shape index (κ3) is 4.29. The zero-order valence-electron chi connectivity index (χ0n) is 16.3. The summed E-state index contributed by atoms with van der Waals surface area (Å²) in [5.74, 6) is 1.76. The molecular weight excluding hydrogens is 354 g/mol. The van der Waals surface area contributed by atoms with Gasteiger partial charge in [-0.2, -0.15) is 0 Å². The summed E-state index contributed by atoms with van der Waals surface area (Å²) in [6, 6.07) is 14.0. The first-order valence-corrected chi connectivity index (χ1v) is 9.93. The van der Waals surface area contributed by atoms with E-state index in [4.69, 9.17) is 9.47 Å². The average molecular weight is 381 g/mol. The maximum absolute atomic E-state index is 12.8. The monoisotopic (exact) mass is 381 g/mol. The quantitative estimate of drug-likeness (QED) is 0.833. The summed E-state index contributed by atoms with van der Waals surface area (Å²) in [5, 5.41) is 3.30. The molecule has 4 rings (SSSR count). The van der Waals surface area contributed by atoms with Gasteiger partial charge in [-0.3, -0.25) is 9.69 Å². The molecule has 1 saturated heterocycles. The number of carbonyl (C=O) groups is 1. The molecule has 0 bridgehead atoms. The number of hydrogen-bond donors (Lipinski definition) is 1. The van der Waals surface area contributed by atoms with Crippen molar-refractivity contribution in [3.63, 3.8) is 0 Å². The van der Waals surface area contributed by atoms with E-state index in [1.807, 2.05) is 35.2 Å². The van der Waals surface area contributed by atoms with E-state index in [0.717, 1.165) is 62.9 Å². The maximum atomic E-state index is 12.8. The zero-order valence-corrected chi connectivity index (χ0v) is 16.3. The first kappa shape index (κ1) is 18.8. The highest BCUT2D eigenvalue weighted by Crippen LogP contribution is 2.32. The van der Waals surface area contributed by atoms with Crippen molar-refractivity contribution in [3.8, 4) is 11.5 Å². The Labute approximate surface area is 166 Å². The molecule has 1 N–H and O–H groups in total. The van der Waals surface area contributed by atoms with Gasteiger partial charge in [0.05, 0.1) is 0 Å². The summed E-state index contributed by atoms with van der Waals surface area (Å²) in [7, 11) is 0. The molecule has 6 nitrogen and oxygen atoms in total. The minimum Gasteiger partial charge on any atom is -0.454 e. The van der Waals surface area contributed by atoms with Crippen molar-refractivity contribution < 1.29 is 14.3 Å². The van der Waals surface area contributed by atoms with Crippen LogP contribution in [0.15, 0.2) is 42.5 Å². The fourth-order valence-corrected chi connectivity index (χ4v) is 3.62. The van der Waals surface area contributed by atoms with Gasteiger partial charge in [-0.05, 0) is 41.9 Å². The van der Waals surface area contributed by atoms with Crippen LogP contribution in [-0.2, 0) is 13.1 Å². The first-order valence-electron chi connectivity index (χ1n) is 9.93. The number of carbonyl (C=O) groups excluding carboxylic acids is 1. The minimum atomic E-state index is 0.123. The molecule has 0 unspecified atom stereocenters. The molecule has 2 aromatic rings. The Balaban J connectivity index is 1.29. The van der Waals surface area contributed by atoms with E-state index in [-0.39, 0.29) is 5.91 Å². The lowest BCUT2D eigenvalue weighted by molar-refractivity contribution is 0.0628. The van der Waals surface area contributed by atoms with Crippen LogP contribution in [-0.4, -0.2) is 55.2 Å². The second kappa shape index (κ2) is 8.63. The van der Waals surface area contributed by atoms with E-state index >= 15 is 0 Å². The van der Waals surface area contributed by atoms with Crippen LogP contribution in [0.3, 0.4) is 0 Å². The van der Waals surface area contributed by atoms with Crippen molar-refractivity contribution in [1.82, 2.24) is 15.1 Å². The molecule has 0 atom stereocenters. The van der Waals surface area contributed by atoms with Gasteiger partial charge in [0, 0.05) is 44.8 Å². The first-order chi connectivity index (χ1) is 13.7. The predicted octanol–water partition coefficient (Wildman–Crippen LogP) is 2.48. The van der Waals surface area contributed by atoms with E-state index in [2.05, 4.69) is 29.3 Å². The molecule has 0 radical (unpaired) electrons. The average Bonchev–Trinajstić information content (AvgIpc) is 3.20. The zero-order chi connectivity index (χ0) is 19.3. The van der Waals surface area contributed by atoms with Crippen LogP contribution >= 0.6 is 0 Å². The van der Waals surface area contributed by atoms with Crippen molar-refractivity contribution in [3.05, 3.63) is 59.2 Å². The van der Waals surface area contributed by atoms with Crippen molar-refractivity contribution in [1.29, 1.82) is 0 Å². The van der Waals surface area contributed by atoms with Crippen molar-refractivity contribution in [2.45, 2.75) is 20.0 Å². The summed E-state index contributed by atoms with van der Waals surface area (Å²) < 4.78 is 10.8. The van der Waals surface area contributed by atoms with Gasteiger partial charge >= 0.3 is 0 Å². The molecule has 6 heteroatoms. The number of hydrogen-bond acceptors (Lipinski definition) is 5. The van der Waals surface area contributed by atoms with Crippen LogP contribution in [0.1, 0.15) is 28.4 Å². The molecule has 2 aliphatic heterocycles. The van der Waals surface area contributed by atoms with Crippen LogP contribution in [0, 0.1) is 0 Å². The van der Waals surface area contributed by atoms with Gasteiger partial charge in [-0.1, -0.05) is 25.1 Å². The minimum absolute atomic E-state index is 0.123. The summed E-state index contributed by atoms with van der Waals surface area (Å²) in [5.41, 5.74) is 3.18. The molecule has 2 aromatic carbocycles. The fourth-order valence-electron chi connectivity index (χ4n) is 3.62. The predicted molar refractivity (Wildman–Crippen MR) is 108 cm³/mol. The van der Waals surface area contributed by atoms with Gasteiger partial charge in [-0.25, -0.2) is 0 Å². The largest absolute Gasteiger partial charge is 0.454 e. The number of fused-ring (bicyclic) bond motifs is 1. The highest BCUT2D eigenvalue weighted by Gasteiger charge is 2.23. The molecule has 28 heavy (non-hydrogen) atoms. The van der Waals surface area contributed by atoms with Crippen molar-refractivity contribution in [2.75, 3.05) is 39.5 Å². The van der Waals surface area contributed by atoms with Crippen LogP contribution in [0.5, 0.6) is 11.5 Å². The van der Waals surface area contributed by atoms with E-state index < -0.39 is 0 Å². The molecular formula is C22H27N3O3. The number of rotatable bonds is 6. The number of ether oxygens (including phenoxy) is 2. The van der Waals surface area contributed by atoms with Gasteiger partial charge in [0.25, 0.3) is 5.91 Å². The third-order valence-corrected chi connectivity index (χ3v) is 5.28. The van der Waals surface area contributed by atoms with Gasteiger partial charge in [0.1, 0.15) is 0 Å². The number of nitrogens with zero attached hydrogens (tertiary/aromatic N) is 2. The number of nitrogens with one attached hydrogen (secondary N) is 1. The van der Waals surface area contributed by atoms with E-state index in [9.17, 15) is 4.79 Å². The Morgan fingerprint density at radius 3 is 2.43 bits per heavy atom. The molecule has 1 fully saturated rings. The Morgan fingerprint density at radius 1 is 0.964 bits per heavy atom.